The molecule has 2 N–H and O–H groups in total. The molecule has 7 heteroatoms. The number of benzene rings is 1. The summed E-state index contributed by atoms with van der Waals surface area (Å²) in [7, 11) is 1.62. The van der Waals surface area contributed by atoms with Crippen molar-refractivity contribution in [2.45, 2.75) is 31.5 Å². The van der Waals surface area contributed by atoms with E-state index in [4.69, 9.17) is 9.47 Å². The Balaban J connectivity index is 1.75. The second kappa shape index (κ2) is 7.53. The maximum Gasteiger partial charge on any atom is 0.315 e. The Labute approximate surface area is 141 Å². The Kier molecular flexibility index (Phi) is 5.20. The molecule has 2 atom stereocenters. The predicted octanol–water partition coefficient (Wildman–Crippen LogP) is 0.884. The molecule has 3 amide bonds. The molecule has 2 fully saturated rings. The number of rotatable bonds is 6. The third-order valence-electron chi connectivity index (χ3n) is 4.38. The lowest BCUT2D eigenvalue weighted by Crippen LogP contribution is -2.47. The number of carbonyl (C=O) groups excluding carboxylic acids is 2. The zero-order chi connectivity index (χ0) is 16.9. The van der Waals surface area contributed by atoms with E-state index in [-0.39, 0.29) is 18.0 Å². The fourth-order valence-electron chi connectivity index (χ4n) is 3.13. The van der Waals surface area contributed by atoms with E-state index in [1.165, 1.54) is 0 Å². The number of methoxy groups -OCH3 is 1. The molecule has 2 aliphatic rings. The predicted molar refractivity (Wildman–Crippen MR) is 87.7 cm³/mol. The van der Waals surface area contributed by atoms with Gasteiger partial charge in [-0.25, -0.2) is 4.79 Å². The van der Waals surface area contributed by atoms with Crippen LogP contribution < -0.4 is 15.4 Å². The summed E-state index contributed by atoms with van der Waals surface area (Å²) in [6.45, 7) is 1.99. The van der Waals surface area contributed by atoms with Gasteiger partial charge in [0.05, 0.1) is 13.2 Å². The van der Waals surface area contributed by atoms with Gasteiger partial charge in [0.2, 0.25) is 5.91 Å². The highest BCUT2D eigenvalue weighted by Crippen LogP contribution is 2.22. The van der Waals surface area contributed by atoms with Gasteiger partial charge >= 0.3 is 6.03 Å². The van der Waals surface area contributed by atoms with Crippen LogP contribution in [0.25, 0.3) is 0 Å². The number of hydrogen-bond donors (Lipinski definition) is 2. The van der Waals surface area contributed by atoms with Crippen molar-refractivity contribution in [3.63, 3.8) is 0 Å². The molecule has 0 aromatic heterocycles. The van der Waals surface area contributed by atoms with Gasteiger partial charge in [-0.2, -0.15) is 0 Å². The van der Waals surface area contributed by atoms with Crippen LogP contribution in [0.15, 0.2) is 24.3 Å². The van der Waals surface area contributed by atoms with Gasteiger partial charge in [-0.1, -0.05) is 18.2 Å². The molecular formula is C17H23N3O4. The van der Waals surface area contributed by atoms with Crippen molar-refractivity contribution in [1.82, 2.24) is 15.5 Å². The zero-order valence-corrected chi connectivity index (χ0v) is 13.8. The van der Waals surface area contributed by atoms with E-state index < -0.39 is 6.04 Å². The van der Waals surface area contributed by atoms with Crippen molar-refractivity contribution in [1.29, 1.82) is 0 Å². The fourth-order valence-corrected chi connectivity index (χ4v) is 3.13. The van der Waals surface area contributed by atoms with Crippen molar-refractivity contribution in [2.24, 2.45) is 0 Å². The average molecular weight is 333 g/mol. The van der Waals surface area contributed by atoms with Crippen LogP contribution in [-0.2, 0) is 16.1 Å². The molecule has 130 valence electrons. The van der Waals surface area contributed by atoms with Crippen LogP contribution >= 0.6 is 0 Å². The highest BCUT2D eigenvalue weighted by Gasteiger charge is 2.32. The van der Waals surface area contributed by atoms with Crippen LogP contribution in [0.3, 0.4) is 0 Å². The molecule has 0 saturated carbocycles. The number of hydrogen-bond acceptors (Lipinski definition) is 4. The Hall–Kier alpha value is -2.28. The summed E-state index contributed by atoms with van der Waals surface area (Å²) in [5.74, 6) is 0.644. The molecular weight excluding hydrogens is 310 g/mol. The molecule has 7 nitrogen and oxygen atoms in total. The molecule has 0 bridgehead atoms. The van der Waals surface area contributed by atoms with Crippen molar-refractivity contribution in [2.75, 3.05) is 26.8 Å². The molecule has 2 saturated heterocycles. The highest BCUT2D eigenvalue weighted by atomic mass is 16.5. The quantitative estimate of drug-likeness (QED) is 0.810. The first-order valence-electron chi connectivity index (χ1n) is 8.24. The van der Waals surface area contributed by atoms with Gasteiger partial charge in [0.15, 0.2) is 0 Å². The number of urea groups is 1. The number of ether oxygens (including phenoxy) is 2. The summed E-state index contributed by atoms with van der Waals surface area (Å²) in [5.41, 5.74) is 0.934. The SMILES string of the molecule is COc1ccccc1CN(CC1CCCO1)C(=O)C1CNC(=O)N1. The third-order valence-corrected chi connectivity index (χ3v) is 4.38. The number of para-hydroxylation sites is 1. The Morgan fingerprint density at radius 1 is 1.42 bits per heavy atom. The summed E-state index contributed by atoms with van der Waals surface area (Å²) < 4.78 is 11.1. The molecule has 3 rings (SSSR count). The molecule has 2 aliphatic heterocycles. The van der Waals surface area contributed by atoms with E-state index in [1.807, 2.05) is 24.3 Å². The van der Waals surface area contributed by atoms with Crippen LogP contribution in [0, 0.1) is 0 Å². The van der Waals surface area contributed by atoms with E-state index in [9.17, 15) is 9.59 Å². The lowest BCUT2D eigenvalue weighted by molar-refractivity contribution is -0.135. The largest absolute Gasteiger partial charge is 0.496 e. The van der Waals surface area contributed by atoms with E-state index in [0.717, 1.165) is 30.8 Å². The second-order valence-electron chi connectivity index (χ2n) is 6.07. The number of nitrogens with zero attached hydrogens (tertiary/aromatic N) is 1. The fraction of sp³-hybridized carbons (Fsp3) is 0.529. The molecule has 0 radical (unpaired) electrons. The number of amides is 3. The van der Waals surface area contributed by atoms with Crippen molar-refractivity contribution >= 4 is 11.9 Å². The van der Waals surface area contributed by atoms with Crippen LogP contribution in [0.2, 0.25) is 0 Å². The maximum atomic E-state index is 12.9. The minimum Gasteiger partial charge on any atom is -0.496 e. The van der Waals surface area contributed by atoms with Gasteiger partial charge in [0, 0.05) is 31.8 Å². The second-order valence-corrected chi connectivity index (χ2v) is 6.07. The minimum absolute atomic E-state index is 0.0497. The van der Waals surface area contributed by atoms with Crippen LogP contribution in [0.5, 0.6) is 5.75 Å². The van der Waals surface area contributed by atoms with E-state index in [2.05, 4.69) is 10.6 Å². The lowest BCUT2D eigenvalue weighted by Gasteiger charge is -2.28. The van der Waals surface area contributed by atoms with E-state index in [1.54, 1.807) is 12.0 Å². The minimum atomic E-state index is -0.534. The zero-order valence-electron chi connectivity index (χ0n) is 13.8. The smallest absolute Gasteiger partial charge is 0.315 e. The van der Waals surface area contributed by atoms with Crippen molar-refractivity contribution in [3.8, 4) is 5.75 Å². The Morgan fingerprint density at radius 2 is 2.25 bits per heavy atom. The van der Waals surface area contributed by atoms with Crippen LogP contribution in [0.4, 0.5) is 4.79 Å². The summed E-state index contributed by atoms with van der Waals surface area (Å²) in [5, 5.41) is 5.29. The van der Waals surface area contributed by atoms with Gasteiger partial charge in [0.25, 0.3) is 0 Å². The standard InChI is InChI=1S/C17H23N3O4/c1-23-15-7-3-2-5-12(15)10-20(11-13-6-4-8-24-13)16(21)14-9-18-17(22)19-14/h2-3,5,7,13-14H,4,6,8-11H2,1H3,(H2,18,19,22). The monoisotopic (exact) mass is 333 g/mol. The molecule has 24 heavy (non-hydrogen) atoms. The first-order valence-corrected chi connectivity index (χ1v) is 8.24. The van der Waals surface area contributed by atoms with Gasteiger partial charge in [-0.05, 0) is 18.9 Å². The van der Waals surface area contributed by atoms with Crippen LogP contribution in [0.1, 0.15) is 18.4 Å². The molecule has 1 aromatic carbocycles. The van der Waals surface area contributed by atoms with Crippen molar-refractivity contribution < 1.29 is 19.1 Å². The molecule has 0 spiro atoms. The molecule has 1 aromatic rings. The molecule has 2 heterocycles. The first kappa shape index (κ1) is 16.6. The molecule has 2 unspecified atom stereocenters. The van der Waals surface area contributed by atoms with E-state index in [0.29, 0.717) is 19.6 Å². The third kappa shape index (κ3) is 3.79. The topological polar surface area (TPSA) is 79.9 Å². The lowest BCUT2D eigenvalue weighted by atomic mass is 10.1. The summed E-state index contributed by atoms with van der Waals surface area (Å²) in [6, 6.07) is 6.81. The average Bonchev–Trinajstić information content (AvgIpc) is 3.25. The van der Waals surface area contributed by atoms with Gasteiger partial charge in [-0.15, -0.1) is 0 Å². The summed E-state index contributed by atoms with van der Waals surface area (Å²) in [6.07, 6.45) is 2.02. The Morgan fingerprint density at radius 3 is 2.92 bits per heavy atom. The highest BCUT2D eigenvalue weighted by molar-refractivity contribution is 5.90. The van der Waals surface area contributed by atoms with E-state index >= 15 is 0 Å². The summed E-state index contributed by atoms with van der Waals surface area (Å²) >= 11 is 0. The van der Waals surface area contributed by atoms with Gasteiger partial charge in [0.1, 0.15) is 11.8 Å². The van der Waals surface area contributed by atoms with Gasteiger partial charge < -0.3 is 25.0 Å². The van der Waals surface area contributed by atoms with Gasteiger partial charge in [-0.3, -0.25) is 4.79 Å². The van der Waals surface area contributed by atoms with Crippen LogP contribution in [-0.4, -0.2) is 55.8 Å². The normalized spacial score (nSPS) is 22.8. The van der Waals surface area contributed by atoms with Crippen molar-refractivity contribution in [3.05, 3.63) is 29.8 Å². The number of carbonyl (C=O) groups is 2. The first-order chi connectivity index (χ1) is 11.7. The molecule has 0 aliphatic carbocycles. The Bertz CT molecular complexity index is 601. The maximum absolute atomic E-state index is 12.9. The number of nitrogens with one attached hydrogen (secondary N) is 2. The summed E-state index contributed by atoms with van der Waals surface area (Å²) in [4.78, 5) is 26.0.